The Hall–Kier alpha value is -1.51. The zero-order valence-electron chi connectivity index (χ0n) is 8.96. The maximum atomic E-state index is 10.6. The van der Waals surface area contributed by atoms with E-state index in [1.807, 2.05) is 13.8 Å². The van der Waals surface area contributed by atoms with Crippen molar-refractivity contribution in [3.05, 3.63) is 28.8 Å². The Balaban J connectivity index is 0.000000791. The second-order valence-electron chi connectivity index (χ2n) is 2.76. The molecular formula is C11H16O3. The van der Waals surface area contributed by atoms with Gasteiger partial charge in [0.2, 0.25) is 0 Å². The summed E-state index contributed by atoms with van der Waals surface area (Å²) in [4.78, 5) is 10.6. The second kappa shape index (κ2) is 5.27. The van der Waals surface area contributed by atoms with Gasteiger partial charge in [0, 0.05) is 5.56 Å². The van der Waals surface area contributed by atoms with Crippen molar-refractivity contribution in [1.29, 1.82) is 0 Å². The minimum absolute atomic E-state index is 0.0346. The standard InChI is InChI=1S/C9H10O3.C2H6/c1-5-3-7(9(11)12)6(2)8(10)4-5;1-2/h3-4,10H,1-2H3,(H,11,12);1-2H3. The number of benzene rings is 1. The van der Waals surface area contributed by atoms with Crippen LogP contribution >= 0.6 is 0 Å². The third-order valence-electron chi connectivity index (χ3n) is 1.76. The summed E-state index contributed by atoms with van der Waals surface area (Å²) in [6, 6.07) is 3.08. The Morgan fingerprint density at radius 3 is 2.14 bits per heavy atom. The molecule has 0 fully saturated rings. The number of carboxylic acid groups (broad SMARTS) is 1. The molecule has 1 aromatic carbocycles. The predicted molar refractivity (Wildman–Crippen MR) is 55.9 cm³/mol. The average Bonchev–Trinajstić information content (AvgIpc) is 2.14. The monoisotopic (exact) mass is 196 g/mol. The third-order valence-corrected chi connectivity index (χ3v) is 1.76. The maximum Gasteiger partial charge on any atom is 0.336 e. The molecular weight excluding hydrogens is 180 g/mol. The zero-order valence-corrected chi connectivity index (χ0v) is 8.96. The SMILES string of the molecule is CC.Cc1cc(O)c(C)c(C(=O)O)c1. The van der Waals surface area contributed by atoms with E-state index in [0.29, 0.717) is 5.56 Å². The smallest absolute Gasteiger partial charge is 0.336 e. The summed E-state index contributed by atoms with van der Waals surface area (Å²) in [7, 11) is 0. The van der Waals surface area contributed by atoms with Gasteiger partial charge in [-0.05, 0) is 31.5 Å². The predicted octanol–water partition coefficient (Wildman–Crippen LogP) is 2.73. The molecule has 0 aromatic heterocycles. The van der Waals surface area contributed by atoms with Crippen molar-refractivity contribution >= 4 is 5.97 Å². The largest absolute Gasteiger partial charge is 0.508 e. The molecule has 0 amide bonds. The topological polar surface area (TPSA) is 57.5 Å². The van der Waals surface area contributed by atoms with Crippen molar-refractivity contribution in [1.82, 2.24) is 0 Å². The summed E-state index contributed by atoms with van der Waals surface area (Å²) in [6.45, 7) is 7.32. The molecule has 14 heavy (non-hydrogen) atoms. The van der Waals surface area contributed by atoms with Gasteiger partial charge in [-0.25, -0.2) is 4.79 Å². The molecule has 78 valence electrons. The molecule has 3 nitrogen and oxygen atoms in total. The van der Waals surface area contributed by atoms with E-state index < -0.39 is 5.97 Å². The first-order valence-electron chi connectivity index (χ1n) is 4.56. The van der Waals surface area contributed by atoms with E-state index in [-0.39, 0.29) is 11.3 Å². The van der Waals surface area contributed by atoms with Gasteiger partial charge in [0.05, 0.1) is 5.56 Å². The minimum atomic E-state index is -1.01. The van der Waals surface area contributed by atoms with Crippen molar-refractivity contribution in [3.63, 3.8) is 0 Å². The Kier molecular flexibility index (Phi) is 4.70. The highest BCUT2D eigenvalue weighted by Gasteiger charge is 2.10. The normalized spacial score (nSPS) is 8.86. The fourth-order valence-corrected chi connectivity index (χ4v) is 1.06. The number of rotatable bonds is 1. The van der Waals surface area contributed by atoms with Gasteiger partial charge in [-0.15, -0.1) is 0 Å². The Morgan fingerprint density at radius 2 is 1.71 bits per heavy atom. The fourth-order valence-electron chi connectivity index (χ4n) is 1.06. The molecule has 1 aromatic rings. The quantitative estimate of drug-likeness (QED) is 0.726. The molecule has 0 aliphatic heterocycles. The summed E-state index contributed by atoms with van der Waals surface area (Å²) < 4.78 is 0. The Bertz CT molecular complexity index is 330. The summed E-state index contributed by atoms with van der Waals surface area (Å²) in [6.07, 6.45) is 0. The van der Waals surface area contributed by atoms with Crippen molar-refractivity contribution in [2.24, 2.45) is 0 Å². The van der Waals surface area contributed by atoms with E-state index in [9.17, 15) is 9.90 Å². The van der Waals surface area contributed by atoms with Gasteiger partial charge in [-0.2, -0.15) is 0 Å². The van der Waals surface area contributed by atoms with Crippen molar-refractivity contribution in [3.8, 4) is 5.75 Å². The van der Waals surface area contributed by atoms with Crippen LogP contribution in [0.2, 0.25) is 0 Å². The Morgan fingerprint density at radius 1 is 1.21 bits per heavy atom. The average molecular weight is 196 g/mol. The summed E-state index contributed by atoms with van der Waals surface area (Å²) in [5, 5.41) is 18.0. The molecule has 2 N–H and O–H groups in total. The van der Waals surface area contributed by atoms with Crippen LogP contribution in [0.1, 0.15) is 35.3 Å². The molecule has 0 atom stereocenters. The molecule has 3 heteroatoms. The number of aromatic hydroxyl groups is 1. The molecule has 0 heterocycles. The van der Waals surface area contributed by atoms with Crippen LogP contribution in [0.15, 0.2) is 12.1 Å². The zero-order chi connectivity index (χ0) is 11.3. The van der Waals surface area contributed by atoms with E-state index in [2.05, 4.69) is 0 Å². The number of carboxylic acids is 1. The first kappa shape index (κ1) is 12.5. The Labute approximate surface area is 84.0 Å². The highest BCUT2D eigenvalue weighted by Crippen LogP contribution is 2.21. The van der Waals surface area contributed by atoms with Crippen molar-refractivity contribution < 1.29 is 15.0 Å². The van der Waals surface area contributed by atoms with Crippen LogP contribution in [0, 0.1) is 13.8 Å². The summed E-state index contributed by atoms with van der Waals surface area (Å²) in [5.74, 6) is -0.973. The molecule has 0 radical (unpaired) electrons. The van der Waals surface area contributed by atoms with Crippen LogP contribution in [0.25, 0.3) is 0 Å². The van der Waals surface area contributed by atoms with Crippen LogP contribution < -0.4 is 0 Å². The van der Waals surface area contributed by atoms with Crippen molar-refractivity contribution in [2.45, 2.75) is 27.7 Å². The second-order valence-corrected chi connectivity index (χ2v) is 2.76. The first-order valence-corrected chi connectivity index (χ1v) is 4.56. The van der Waals surface area contributed by atoms with E-state index in [4.69, 9.17) is 5.11 Å². The fraction of sp³-hybridized carbons (Fsp3) is 0.364. The number of hydrogen-bond acceptors (Lipinski definition) is 2. The van der Waals surface area contributed by atoms with Gasteiger partial charge in [-0.3, -0.25) is 0 Å². The van der Waals surface area contributed by atoms with E-state index in [0.717, 1.165) is 5.56 Å². The van der Waals surface area contributed by atoms with Crippen LogP contribution in [-0.2, 0) is 0 Å². The van der Waals surface area contributed by atoms with E-state index in [1.54, 1.807) is 19.9 Å². The van der Waals surface area contributed by atoms with Gasteiger partial charge in [-0.1, -0.05) is 13.8 Å². The maximum absolute atomic E-state index is 10.6. The molecule has 0 bridgehead atoms. The molecule has 0 saturated heterocycles. The number of aromatic carboxylic acids is 1. The van der Waals surface area contributed by atoms with Crippen LogP contribution in [0.5, 0.6) is 5.75 Å². The number of phenolic OH excluding ortho intramolecular Hbond substituents is 1. The highest BCUT2D eigenvalue weighted by molar-refractivity contribution is 5.90. The van der Waals surface area contributed by atoms with Crippen LogP contribution in [0.3, 0.4) is 0 Å². The van der Waals surface area contributed by atoms with Crippen LogP contribution in [0.4, 0.5) is 0 Å². The van der Waals surface area contributed by atoms with Gasteiger partial charge >= 0.3 is 5.97 Å². The summed E-state index contributed by atoms with van der Waals surface area (Å²) in [5.41, 5.74) is 1.32. The highest BCUT2D eigenvalue weighted by atomic mass is 16.4. The number of aryl methyl sites for hydroxylation is 1. The first-order chi connectivity index (χ1) is 6.52. The molecule has 0 aliphatic rings. The molecule has 1 rings (SSSR count). The number of hydrogen-bond donors (Lipinski definition) is 2. The molecule has 0 aliphatic carbocycles. The molecule has 0 unspecified atom stereocenters. The van der Waals surface area contributed by atoms with Crippen LogP contribution in [-0.4, -0.2) is 16.2 Å². The van der Waals surface area contributed by atoms with E-state index in [1.165, 1.54) is 6.07 Å². The van der Waals surface area contributed by atoms with E-state index >= 15 is 0 Å². The number of phenols is 1. The van der Waals surface area contributed by atoms with Gasteiger partial charge in [0.1, 0.15) is 5.75 Å². The van der Waals surface area contributed by atoms with Gasteiger partial charge in [0.25, 0.3) is 0 Å². The minimum Gasteiger partial charge on any atom is -0.508 e. The lowest BCUT2D eigenvalue weighted by Crippen LogP contribution is -2.00. The lowest BCUT2D eigenvalue weighted by molar-refractivity contribution is 0.0695. The third kappa shape index (κ3) is 2.76. The van der Waals surface area contributed by atoms with Gasteiger partial charge in [0.15, 0.2) is 0 Å². The summed E-state index contributed by atoms with van der Waals surface area (Å²) >= 11 is 0. The van der Waals surface area contributed by atoms with Crippen molar-refractivity contribution in [2.75, 3.05) is 0 Å². The molecule has 0 saturated carbocycles. The van der Waals surface area contributed by atoms with Gasteiger partial charge < -0.3 is 10.2 Å². The molecule has 0 spiro atoms. The number of carbonyl (C=O) groups is 1. The lowest BCUT2D eigenvalue weighted by Gasteiger charge is -2.04. The lowest BCUT2D eigenvalue weighted by atomic mass is 10.0.